The third-order valence-corrected chi connectivity index (χ3v) is 5.01. The zero-order valence-corrected chi connectivity index (χ0v) is 12.7. The van der Waals surface area contributed by atoms with Crippen LogP contribution in [0.5, 0.6) is 0 Å². The second-order valence-electron chi connectivity index (χ2n) is 5.14. The number of hydrogen-bond donors (Lipinski definition) is 1. The molecule has 1 aromatic heterocycles. The maximum atomic E-state index is 11.4. The predicted molar refractivity (Wildman–Crippen MR) is 88.4 cm³/mol. The Morgan fingerprint density at radius 3 is 2.48 bits per heavy atom. The summed E-state index contributed by atoms with van der Waals surface area (Å²) in [5, 5.41) is 12.1. The molecule has 0 fully saturated rings. The van der Waals surface area contributed by atoms with E-state index in [0.717, 1.165) is 15.8 Å². The smallest absolute Gasteiger partial charge is 0.147 e. The molecular weight excluding hydrogens is 278 g/mol. The maximum Gasteiger partial charge on any atom is 0.147 e. The summed E-state index contributed by atoms with van der Waals surface area (Å²) >= 11 is 1.53. The maximum absolute atomic E-state index is 11.4. The van der Waals surface area contributed by atoms with Crippen molar-refractivity contribution < 1.29 is 5.11 Å². The molecular formula is C18H17NOS. The molecule has 0 spiro atoms. The Morgan fingerprint density at radius 1 is 1.14 bits per heavy atom. The van der Waals surface area contributed by atoms with Crippen molar-refractivity contribution in [2.45, 2.75) is 12.5 Å². The van der Waals surface area contributed by atoms with Crippen molar-refractivity contribution in [3.63, 3.8) is 0 Å². The Bertz CT molecular complexity index is 732. The summed E-state index contributed by atoms with van der Waals surface area (Å²) in [5.41, 5.74) is 0.617. The fraction of sp³-hybridized carbons (Fsp3) is 0.167. The van der Waals surface area contributed by atoms with Gasteiger partial charge in [-0.15, -0.1) is 17.9 Å². The van der Waals surface area contributed by atoms with Gasteiger partial charge in [0.2, 0.25) is 0 Å². The highest BCUT2D eigenvalue weighted by atomic mass is 32.1. The number of thiazole rings is 1. The summed E-state index contributed by atoms with van der Waals surface area (Å²) in [6, 6.07) is 17.6. The fourth-order valence-corrected chi connectivity index (χ4v) is 3.66. The molecule has 0 bridgehead atoms. The van der Waals surface area contributed by atoms with Crippen molar-refractivity contribution in [1.82, 2.24) is 4.98 Å². The summed E-state index contributed by atoms with van der Waals surface area (Å²) < 4.78 is 1.08. The van der Waals surface area contributed by atoms with Gasteiger partial charge in [-0.3, -0.25) is 0 Å². The van der Waals surface area contributed by atoms with E-state index >= 15 is 0 Å². The lowest BCUT2D eigenvalue weighted by Gasteiger charge is -2.31. The van der Waals surface area contributed by atoms with E-state index in [1.54, 1.807) is 6.08 Å². The second kappa shape index (κ2) is 5.43. The molecule has 3 aromatic rings. The molecule has 2 unspecified atom stereocenters. The van der Waals surface area contributed by atoms with Crippen molar-refractivity contribution in [1.29, 1.82) is 0 Å². The summed E-state index contributed by atoms with van der Waals surface area (Å²) in [6.07, 6.45) is 1.78. The average molecular weight is 295 g/mol. The standard InChI is InChI=1S/C18H17NOS/c1-3-13(2)18(20,14-9-5-4-6-10-14)17-19-15-11-7-8-12-16(15)21-17/h3-13,20H,1H2,2H3. The van der Waals surface area contributed by atoms with Crippen LogP contribution in [-0.4, -0.2) is 10.1 Å². The van der Waals surface area contributed by atoms with Gasteiger partial charge in [0.15, 0.2) is 0 Å². The van der Waals surface area contributed by atoms with Gasteiger partial charge >= 0.3 is 0 Å². The number of rotatable bonds is 4. The van der Waals surface area contributed by atoms with Gasteiger partial charge in [-0.2, -0.15) is 0 Å². The molecule has 0 aliphatic carbocycles. The summed E-state index contributed by atoms with van der Waals surface area (Å²) in [7, 11) is 0. The third-order valence-electron chi connectivity index (χ3n) is 3.85. The van der Waals surface area contributed by atoms with Gasteiger partial charge in [0.1, 0.15) is 10.6 Å². The Balaban J connectivity index is 2.22. The molecule has 0 radical (unpaired) electrons. The molecule has 3 heteroatoms. The molecule has 2 aromatic carbocycles. The number of fused-ring (bicyclic) bond motifs is 1. The minimum Gasteiger partial charge on any atom is -0.377 e. The van der Waals surface area contributed by atoms with Crippen LogP contribution in [0.2, 0.25) is 0 Å². The van der Waals surface area contributed by atoms with E-state index in [-0.39, 0.29) is 5.92 Å². The van der Waals surface area contributed by atoms with Crippen LogP contribution in [0.4, 0.5) is 0 Å². The molecule has 0 saturated heterocycles. The fourth-order valence-electron chi connectivity index (χ4n) is 2.48. The van der Waals surface area contributed by atoms with E-state index in [9.17, 15) is 5.11 Å². The zero-order chi connectivity index (χ0) is 14.9. The lowest BCUT2D eigenvalue weighted by atomic mass is 9.83. The molecule has 0 amide bonds. The van der Waals surface area contributed by atoms with Gasteiger partial charge in [0, 0.05) is 5.92 Å². The third kappa shape index (κ3) is 2.28. The Kier molecular flexibility index (Phi) is 3.62. The van der Waals surface area contributed by atoms with Crippen molar-refractivity contribution in [2.24, 2.45) is 5.92 Å². The number of hydrogen-bond acceptors (Lipinski definition) is 3. The van der Waals surface area contributed by atoms with Gasteiger partial charge in [-0.05, 0) is 17.7 Å². The molecule has 2 nitrogen and oxygen atoms in total. The molecule has 0 aliphatic rings. The Labute approximate surface area is 128 Å². The van der Waals surface area contributed by atoms with E-state index in [2.05, 4.69) is 11.6 Å². The van der Waals surface area contributed by atoms with Crippen LogP contribution in [0.3, 0.4) is 0 Å². The largest absolute Gasteiger partial charge is 0.377 e. The van der Waals surface area contributed by atoms with E-state index in [1.807, 2.05) is 61.5 Å². The van der Waals surface area contributed by atoms with Crippen molar-refractivity contribution in [3.8, 4) is 0 Å². The first-order chi connectivity index (χ1) is 10.2. The first kappa shape index (κ1) is 14.0. The monoisotopic (exact) mass is 295 g/mol. The average Bonchev–Trinajstić information content (AvgIpc) is 2.98. The van der Waals surface area contributed by atoms with E-state index in [1.165, 1.54) is 11.3 Å². The van der Waals surface area contributed by atoms with Crippen LogP contribution in [-0.2, 0) is 5.60 Å². The molecule has 1 heterocycles. The highest BCUT2D eigenvalue weighted by Gasteiger charge is 2.39. The van der Waals surface area contributed by atoms with Crippen LogP contribution in [0.25, 0.3) is 10.2 Å². The first-order valence-corrected chi connectivity index (χ1v) is 7.74. The van der Waals surface area contributed by atoms with Crippen LogP contribution >= 0.6 is 11.3 Å². The van der Waals surface area contributed by atoms with Gasteiger partial charge in [-0.1, -0.05) is 55.5 Å². The molecule has 0 saturated carbocycles. The summed E-state index contributed by atoms with van der Waals surface area (Å²) in [6.45, 7) is 5.81. The number of aromatic nitrogens is 1. The molecule has 0 aliphatic heterocycles. The molecule has 106 valence electrons. The molecule has 2 atom stereocenters. The Morgan fingerprint density at radius 2 is 1.81 bits per heavy atom. The van der Waals surface area contributed by atoms with Gasteiger partial charge < -0.3 is 5.11 Å². The van der Waals surface area contributed by atoms with E-state index in [0.29, 0.717) is 5.01 Å². The van der Waals surface area contributed by atoms with Crippen LogP contribution in [0.1, 0.15) is 17.5 Å². The quantitative estimate of drug-likeness (QED) is 0.726. The van der Waals surface area contributed by atoms with Crippen molar-refractivity contribution >= 4 is 21.6 Å². The molecule has 3 rings (SSSR count). The number of para-hydroxylation sites is 1. The highest BCUT2D eigenvalue weighted by Crippen LogP contribution is 2.40. The normalized spacial score (nSPS) is 15.5. The van der Waals surface area contributed by atoms with Crippen LogP contribution in [0.15, 0.2) is 67.3 Å². The summed E-state index contributed by atoms with van der Waals surface area (Å²) in [4.78, 5) is 4.65. The summed E-state index contributed by atoms with van der Waals surface area (Å²) in [5.74, 6) is -0.138. The minimum atomic E-state index is -1.15. The number of aliphatic hydroxyl groups is 1. The highest BCUT2D eigenvalue weighted by molar-refractivity contribution is 7.18. The lowest BCUT2D eigenvalue weighted by Crippen LogP contribution is -2.33. The van der Waals surface area contributed by atoms with Gasteiger partial charge in [0.25, 0.3) is 0 Å². The number of nitrogens with zero attached hydrogens (tertiary/aromatic N) is 1. The van der Waals surface area contributed by atoms with Gasteiger partial charge in [-0.25, -0.2) is 4.98 Å². The minimum absolute atomic E-state index is 0.138. The van der Waals surface area contributed by atoms with Crippen molar-refractivity contribution in [2.75, 3.05) is 0 Å². The predicted octanol–water partition coefficient (Wildman–Crippen LogP) is 4.35. The second-order valence-corrected chi connectivity index (χ2v) is 6.17. The SMILES string of the molecule is C=CC(C)C(O)(c1ccccc1)c1nc2ccccc2s1. The van der Waals surface area contributed by atoms with Crippen LogP contribution in [0, 0.1) is 5.92 Å². The van der Waals surface area contributed by atoms with Crippen molar-refractivity contribution in [3.05, 3.63) is 77.8 Å². The van der Waals surface area contributed by atoms with E-state index < -0.39 is 5.60 Å². The topological polar surface area (TPSA) is 33.1 Å². The lowest BCUT2D eigenvalue weighted by molar-refractivity contribution is 0.0435. The Hall–Kier alpha value is -1.97. The van der Waals surface area contributed by atoms with E-state index in [4.69, 9.17) is 0 Å². The molecule has 21 heavy (non-hydrogen) atoms. The number of benzene rings is 2. The first-order valence-electron chi connectivity index (χ1n) is 6.92. The van der Waals surface area contributed by atoms with Gasteiger partial charge in [0.05, 0.1) is 10.2 Å². The zero-order valence-electron chi connectivity index (χ0n) is 11.9. The van der Waals surface area contributed by atoms with Crippen LogP contribution < -0.4 is 0 Å². The molecule has 1 N–H and O–H groups in total.